The summed E-state index contributed by atoms with van der Waals surface area (Å²) in [6, 6.07) is 19.7. The molecule has 0 saturated heterocycles. The summed E-state index contributed by atoms with van der Waals surface area (Å²) in [6.07, 6.45) is 1.83. The summed E-state index contributed by atoms with van der Waals surface area (Å²) in [5, 5.41) is 2.95. The van der Waals surface area contributed by atoms with Crippen molar-refractivity contribution in [3.8, 4) is 5.75 Å². The van der Waals surface area contributed by atoms with Crippen LogP contribution in [0.2, 0.25) is 0 Å². The third kappa shape index (κ3) is 4.87. The summed E-state index contributed by atoms with van der Waals surface area (Å²) in [7, 11) is 0. The van der Waals surface area contributed by atoms with Crippen molar-refractivity contribution in [1.29, 1.82) is 0 Å². The summed E-state index contributed by atoms with van der Waals surface area (Å²) >= 11 is 0. The van der Waals surface area contributed by atoms with Gasteiger partial charge in [0.05, 0.1) is 6.61 Å². The monoisotopic (exact) mass is 529 g/mol. The number of rotatable bonds is 5. The highest BCUT2D eigenvalue weighted by molar-refractivity contribution is 6.05. The number of anilines is 2. The molecule has 7 heteroatoms. The highest BCUT2D eigenvalue weighted by Crippen LogP contribution is 2.30. The molecule has 0 saturated carbocycles. The van der Waals surface area contributed by atoms with Crippen LogP contribution in [0.1, 0.15) is 24.2 Å². The number of fused-ring (bicyclic) bond motifs is 1. The lowest BCUT2D eigenvalue weighted by atomic mass is 10.0. The molecule has 1 aliphatic heterocycles. The van der Waals surface area contributed by atoms with E-state index >= 15 is 0 Å². The van der Waals surface area contributed by atoms with Gasteiger partial charge in [-0.1, -0.05) is 23.8 Å². The smallest absolute Gasteiger partial charge is 0.294 e. The number of nitrogens with zero attached hydrogens (tertiary/aromatic N) is 2. The molecule has 1 aromatic heterocycles. The minimum atomic E-state index is -0.776. The molecule has 4 rings (SSSR count). The molecule has 6 nitrogen and oxygen atoms in total. The first-order chi connectivity index (χ1) is 14.6. The van der Waals surface area contributed by atoms with Gasteiger partial charge in [0.15, 0.2) is 6.20 Å². The Bertz CT molecular complexity index is 1070. The van der Waals surface area contributed by atoms with Crippen LogP contribution in [0.25, 0.3) is 0 Å². The standard InChI is InChI=1S/C24H23N3O3.HI/c1-3-30-20-13-9-18(10-14-20)25-24(29)23-21-6-4-5-15-26(21)16-22(28)27(23)19-11-7-17(2)8-12-19;/h4-15,23H,3,16H2,1-2H3;1H. The third-order valence-corrected chi connectivity index (χ3v) is 5.08. The molecular formula is C24H24IN3O3. The Morgan fingerprint density at radius 2 is 1.81 bits per heavy atom. The van der Waals surface area contributed by atoms with E-state index in [-0.39, 0.29) is 42.3 Å². The van der Waals surface area contributed by atoms with Crippen molar-refractivity contribution in [3.63, 3.8) is 0 Å². The van der Waals surface area contributed by atoms with Crippen LogP contribution in [0, 0.1) is 6.92 Å². The number of amides is 2. The Morgan fingerprint density at radius 1 is 1.10 bits per heavy atom. The average molecular weight is 529 g/mol. The van der Waals surface area contributed by atoms with Crippen LogP contribution >= 0.6 is 0 Å². The summed E-state index contributed by atoms with van der Waals surface area (Å²) in [6.45, 7) is 4.68. The first-order valence-corrected chi connectivity index (χ1v) is 9.97. The van der Waals surface area contributed by atoms with Crippen LogP contribution in [-0.4, -0.2) is 18.4 Å². The van der Waals surface area contributed by atoms with E-state index in [1.165, 1.54) is 0 Å². The summed E-state index contributed by atoms with van der Waals surface area (Å²) in [4.78, 5) is 28.0. The molecule has 0 spiro atoms. The second-order valence-electron chi connectivity index (χ2n) is 7.20. The quantitative estimate of drug-likeness (QED) is 0.385. The molecular weight excluding hydrogens is 505 g/mol. The molecule has 0 bridgehead atoms. The topological polar surface area (TPSA) is 62.5 Å². The van der Waals surface area contributed by atoms with Gasteiger partial charge in [-0.2, -0.15) is 4.57 Å². The fraction of sp³-hybridized carbons (Fsp3) is 0.208. The van der Waals surface area contributed by atoms with Crippen LogP contribution in [0.15, 0.2) is 72.9 Å². The highest BCUT2D eigenvalue weighted by Gasteiger charge is 2.43. The van der Waals surface area contributed by atoms with Crippen molar-refractivity contribution in [2.45, 2.75) is 26.4 Å². The molecule has 31 heavy (non-hydrogen) atoms. The van der Waals surface area contributed by atoms with Gasteiger partial charge < -0.3 is 34.0 Å². The molecule has 1 atom stereocenters. The van der Waals surface area contributed by atoms with Gasteiger partial charge in [0.1, 0.15) is 5.75 Å². The van der Waals surface area contributed by atoms with Crippen LogP contribution < -0.4 is 43.5 Å². The van der Waals surface area contributed by atoms with Crippen molar-refractivity contribution in [2.75, 3.05) is 16.8 Å². The zero-order valence-electron chi connectivity index (χ0n) is 17.4. The number of carbonyl (C=O) groups excluding carboxylic acids is 2. The van der Waals surface area contributed by atoms with Crippen LogP contribution in [0.4, 0.5) is 11.4 Å². The molecule has 1 aliphatic rings. The number of ether oxygens (including phenoxy) is 1. The van der Waals surface area contributed by atoms with E-state index in [4.69, 9.17) is 4.74 Å². The number of hydrogen-bond acceptors (Lipinski definition) is 3. The van der Waals surface area contributed by atoms with Gasteiger partial charge in [-0.15, -0.1) is 0 Å². The number of nitrogens with one attached hydrogen (secondary N) is 1. The van der Waals surface area contributed by atoms with Gasteiger partial charge in [-0.25, -0.2) is 0 Å². The lowest BCUT2D eigenvalue weighted by Gasteiger charge is -2.32. The fourth-order valence-electron chi connectivity index (χ4n) is 3.64. The minimum absolute atomic E-state index is 0. The molecule has 2 heterocycles. The Labute approximate surface area is 198 Å². The van der Waals surface area contributed by atoms with E-state index in [2.05, 4.69) is 5.32 Å². The highest BCUT2D eigenvalue weighted by atomic mass is 127. The maximum atomic E-state index is 13.4. The third-order valence-electron chi connectivity index (χ3n) is 5.08. The first kappa shape index (κ1) is 22.7. The van der Waals surface area contributed by atoms with Gasteiger partial charge in [0.2, 0.25) is 18.3 Å². The van der Waals surface area contributed by atoms with E-state index < -0.39 is 6.04 Å². The van der Waals surface area contributed by atoms with Gasteiger partial charge in [0, 0.05) is 23.5 Å². The number of aromatic nitrogens is 1. The molecule has 0 aliphatic carbocycles. The van der Waals surface area contributed by atoms with Crippen molar-refractivity contribution in [1.82, 2.24) is 0 Å². The van der Waals surface area contributed by atoms with E-state index in [1.807, 2.05) is 79.2 Å². The Balaban J connectivity index is 0.00000272. The number of halogens is 1. The molecule has 0 radical (unpaired) electrons. The van der Waals surface area contributed by atoms with Crippen molar-refractivity contribution in [3.05, 3.63) is 84.2 Å². The van der Waals surface area contributed by atoms with Gasteiger partial charge in [-0.3, -0.25) is 14.5 Å². The second-order valence-corrected chi connectivity index (χ2v) is 7.20. The zero-order valence-corrected chi connectivity index (χ0v) is 19.6. The van der Waals surface area contributed by atoms with Crippen LogP contribution in [0.5, 0.6) is 5.75 Å². The van der Waals surface area contributed by atoms with Gasteiger partial charge >= 0.3 is 0 Å². The Morgan fingerprint density at radius 3 is 2.48 bits per heavy atom. The van der Waals surface area contributed by atoms with Crippen LogP contribution in [-0.2, 0) is 16.1 Å². The van der Waals surface area contributed by atoms with E-state index in [0.717, 1.165) is 17.0 Å². The predicted molar refractivity (Wildman–Crippen MR) is 114 cm³/mol. The van der Waals surface area contributed by atoms with Gasteiger partial charge in [-0.05, 0) is 50.2 Å². The number of benzene rings is 2. The van der Waals surface area contributed by atoms with E-state index in [1.54, 1.807) is 17.0 Å². The number of carbonyl (C=O) groups is 2. The summed E-state index contributed by atoms with van der Waals surface area (Å²) in [5.74, 6) is 0.340. The predicted octanol–water partition coefficient (Wildman–Crippen LogP) is 0.412. The lowest BCUT2D eigenvalue weighted by molar-refractivity contribution is -0.695. The largest absolute Gasteiger partial charge is 1.00 e. The van der Waals surface area contributed by atoms with Crippen LogP contribution in [0.3, 0.4) is 0 Å². The molecule has 2 aromatic carbocycles. The molecule has 3 aromatic rings. The summed E-state index contributed by atoms with van der Waals surface area (Å²) in [5.41, 5.74) is 3.20. The Kier molecular flexibility index (Phi) is 7.27. The van der Waals surface area contributed by atoms with E-state index in [9.17, 15) is 9.59 Å². The first-order valence-electron chi connectivity index (χ1n) is 9.97. The molecule has 0 fully saturated rings. The molecule has 160 valence electrons. The minimum Gasteiger partial charge on any atom is -1.00 e. The number of aryl methyl sites for hydroxylation is 1. The molecule has 1 unspecified atom stereocenters. The van der Waals surface area contributed by atoms with E-state index in [0.29, 0.717) is 18.0 Å². The summed E-state index contributed by atoms with van der Waals surface area (Å²) < 4.78 is 7.29. The zero-order chi connectivity index (χ0) is 21.1. The normalized spacial score (nSPS) is 15.0. The molecule has 1 N–H and O–H groups in total. The maximum Gasteiger partial charge on any atom is 0.294 e. The SMILES string of the molecule is CCOc1ccc(NC(=O)C2c3cccc[n+]3CC(=O)N2c2ccc(C)cc2)cc1.[I-]. The van der Waals surface area contributed by atoms with Crippen molar-refractivity contribution >= 4 is 23.2 Å². The van der Waals surface area contributed by atoms with Crippen molar-refractivity contribution < 1.29 is 42.9 Å². The van der Waals surface area contributed by atoms with Crippen molar-refractivity contribution in [2.24, 2.45) is 0 Å². The Hall–Kier alpha value is -2.94. The molecule has 2 amide bonds. The van der Waals surface area contributed by atoms with Gasteiger partial charge in [0.25, 0.3) is 11.8 Å². The maximum absolute atomic E-state index is 13.4. The number of pyridine rings is 1. The average Bonchev–Trinajstić information content (AvgIpc) is 2.75. The number of hydrogen-bond donors (Lipinski definition) is 1. The lowest BCUT2D eigenvalue weighted by Crippen LogP contribution is -3.00. The second kappa shape index (κ2) is 9.91. The fourth-order valence-corrected chi connectivity index (χ4v) is 3.64.